The third-order valence-electron chi connectivity index (χ3n) is 2.80. The minimum atomic E-state index is -4.84. The van der Waals surface area contributed by atoms with Gasteiger partial charge in [0.1, 0.15) is 11.6 Å². The van der Waals surface area contributed by atoms with Crippen molar-refractivity contribution in [3.8, 4) is 5.75 Å². The second-order valence-electron chi connectivity index (χ2n) is 4.21. The van der Waals surface area contributed by atoms with Crippen molar-refractivity contribution in [2.24, 2.45) is 5.73 Å². The molecular formula is C14H10BrF4NO. The molecular weight excluding hydrogens is 354 g/mol. The van der Waals surface area contributed by atoms with Crippen LogP contribution in [-0.4, -0.2) is 6.36 Å². The maximum atomic E-state index is 14.0. The quantitative estimate of drug-likeness (QED) is 0.812. The second kappa shape index (κ2) is 6.03. The van der Waals surface area contributed by atoms with Gasteiger partial charge in [-0.2, -0.15) is 0 Å². The van der Waals surface area contributed by atoms with Crippen LogP contribution in [0, 0.1) is 5.82 Å². The molecule has 0 aliphatic heterocycles. The first-order valence-corrected chi connectivity index (χ1v) is 6.63. The molecule has 0 saturated heterocycles. The van der Waals surface area contributed by atoms with Crippen molar-refractivity contribution < 1.29 is 22.3 Å². The van der Waals surface area contributed by atoms with Crippen LogP contribution in [0.1, 0.15) is 17.2 Å². The Balaban J connectivity index is 2.44. The van der Waals surface area contributed by atoms with Gasteiger partial charge >= 0.3 is 6.36 Å². The number of ether oxygens (including phenoxy) is 1. The minimum absolute atomic E-state index is 0.0480. The molecule has 0 aliphatic rings. The van der Waals surface area contributed by atoms with E-state index in [1.807, 2.05) is 0 Å². The molecule has 112 valence electrons. The molecule has 0 radical (unpaired) electrons. The zero-order valence-corrected chi connectivity index (χ0v) is 12.1. The smallest absolute Gasteiger partial charge is 0.405 e. The van der Waals surface area contributed by atoms with E-state index in [0.29, 0.717) is 0 Å². The van der Waals surface area contributed by atoms with E-state index in [0.717, 1.165) is 6.07 Å². The third-order valence-corrected chi connectivity index (χ3v) is 3.41. The zero-order chi connectivity index (χ0) is 15.6. The monoisotopic (exact) mass is 363 g/mol. The van der Waals surface area contributed by atoms with E-state index in [4.69, 9.17) is 5.73 Å². The summed E-state index contributed by atoms with van der Waals surface area (Å²) >= 11 is 3.01. The molecule has 0 spiro atoms. The van der Waals surface area contributed by atoms with E-state index in [2.05, 4.69) is 20.7 Å². The minimum Gasteiger partial charge on any atom is -0.405 e. The summed E-state index contributed by atoms with van der Waals surface area (Å²) in [4.78, 5) is 0. The van der Waals surface area contributed by atoms with E-state index < -0.39 is 24.0 Å². The lowest BCUT2D eigenvalue weighted by atomic mass is 9.98. The van der Waals surface area contributed by atoms with Gasteiger partial charge in [-0.1, -0.05) is 30.3 Å². The van der Waals surface area contributed by atoms with E-state index in [1.165, 1.54) is 30.3 Å². The first-order valence-electron chi connectivity index (χ1n) is 5.84. The Morgan fingerprint density at radius 1 is 1.00 bits per heavy atom. The average molecular weight is 364 g/mol. The van der Waals surface area contributed by atoms with Gasteiger partial charge in [0, 0.05) is 11.1 Å². The number of nitrogens with two attached hydrogens (primary N) is 1. The van der Waals surface area contributed by atoms with Gasteiger partial charge in [0.05, 0.1) is 10.5 Å². The summed E-state index contributed by atoms with van der Waals surface area (Å²) in [6, 6.07) is 8.75. The van der Waals surface area contributed by atoms with Crippen molar-refractivity contribution in [1.82, 2.24) is 0 Å². The van der Waals surface area contributed by atoms with Gasteiger partial charge < -0.3 is 10.5 Å². The summed E-state index contributed by atoms with van der Waals surface area (Å²) in [6.45, 7) is 0. The lowest BCUT2D eigenvalue weighted by molar-refractivity contribution is -0.274. The summed E-state index contributed by atoms with van der Waals surface area (Å²) in [5.41, 5.74) is 6.02. The Kier molecular flexibility index (Phi) is 4.53. The van der Waals surface area contributed by atoms with Crippen LogP contribution in [0.4, 0.5) is 17.6 Å². The van der Waals surface area contributed by atoms with Crippen LogP contribution in [0.5, 0.6) is 5.75 Å². The molecule has 21 heavy (non-hydrogen) atoms. The Bertz CT molecular complexity index is 645. The molecule has 2 N–H and O–H groups in total. The first-order chi connectivity index (χ1) is 9.79. The molecule has 2 nitrogen and oxygen atoms in total. The number of alkyl halides is 3. The van der Waals surface area contributed by atoms with Crippen molar-refractivity contribution in [3.05, 3.63) is 63.9 Å². The standard InChI is InChI=1S/C14H10BrF4NO/c15-10-6-3-5-9(12(10)16)13(20)8-4-1-2-7-11(8)21-14(17,18)19/h1-7,13H,20H2. The van der Waals surface area contributed by atoms with Crippen LogP contribution in [0.15, 0.2) is 46.9 Å². The number of halogens is 5. The Morgan fingerprint density at radius 3 is 2.29 bits per heavy atom. The fraction of sp³-hybridized carbons (Fsp3) is 0.143. The highest BCUT2D eigenvalue weighted by Gasteiger charge is 2.33. The topological polar surface area (TPSA) is 35.2 Å². The predicted octanol–water partition coefficient (Wildman–Crippen LogP) is 4.53. The molecule has 1 atom stereocenters. The van der Waals surface area contributed by atoms with Crippen molar-refractivity contribution in [3.63, 3.8) is 0 Å². The molecule has 0 aromatic heterocycles. The van der Waals surface area contributed by atoms with Crippen molar-refractivity contribution in [2.75, 3.05) is 0 Å². The van der Waals surface area contributed by atoms with E-state index in [9.17, 15) is 17.6 Å². The molecule has 2 aromatic carbocycles. The van der Waals surface area contributed by atoms with Crippen LogP contribution in [0.2, 0.25) is 0 Å². The van der Waals surface area contributed by atoms with E-state index >= 15 is 0 Å². The highest BCUT2D eigenvalue weighted by atomic mass is 79.9. The lowest BCUT2D eigenvalue weighted by Crippen LogP contribution is -2.21. The molecule has 0 heterocycles. The molecule has 2 aromatic rings. The van der Waals surface area contributed by atoms with Gasteiger partial charge in [0.2, 0.25) is 0 Å². The van der Waals surface area contributed by atoms with Crippen molar-refractivity contribution >= 4 is 15.9 Å². The highest BCUT2D eigenvalue weighted by molar-refractivity contribution is 9.10. The van der Waals surface area contributed by atoms with Crippen LogP contribution in [-0.2, 0) is 0 Å². The fourth-order valence-corrected chi connectivity index (χ4v) is 2.26. The second-order valence-corrected chi connectivity index (χ2v) is 5.06. The van der Waals surface area contributed by atoms with Crippen molar-refractivity contribution in [1.29, 1.82) is 0 Å². The summed E-state index contributed by atoms with van der Waals surface area (Å²) < 4.78 is 55.3. The molecule has 0 fully saturated rings. The van der Waals surface area contributed by atoms with Crippen LogP contribution in [0.25, 0.3) is 0 Å². The molecule has 0 saturated carbocycles. The Labute approximate surface area is 126 Å². The zero-order valence-electron chi connectivity index (χ0n) is 10.5. The maximum absolute atomic E-state index is 14.0. The van der Waals surface area contributed by atoms with Crippen molar-refractivity contribution in [2.45, 2.75) is 12.4 Å². The van der Waals surface area contributed by atoms with Gasteiger partial charge in [-0.25, -0.2) is 4.39 Å². The molecule has 0 amide bonds. The van der Waals surface area contributed by atoms with Gasteiger partial charge in [-0.15, -0.1) is 13.2 Å². The summed E-state index contributed by atoms with van der Waals surface area (Å²) in [7, 11) is 0. The number of hydrogen-bond acceptors (Lipinski definition) is 2. The molecule has 1 unspecified atom stereocenters. The molecule has 0 aliphatic carbocycles. The maximum Gasteiger partial charge on any atom is 0.573 e. The summed E-state index contributed by atoms with van der Waals surface area (Å²) in [5, 5.41) is 0. The highest BCUT2D eigenvalue weighted by Crippen LogP contribution is 2.34. The van der Waals surface area contributed by atoms with Gasteiger partial charge in [-0.3, -0.25) is 0 Å². The van der Waals surface area contributed by atoms with Crippen LogP contribution >= 0.6 is 15.9 Å². The van der Waals surface area contributed by atoms with Gasteiger partial charge in [-0.05, 0) is 28.1 Å². The summed E-state index contributed by atoms with van der Waals surface area (Å²) in [5.74, 6) is -1.07. The Hall–Kier alpha value is -1.60. The molecule has 7 heteroatoms. The van der Waals surface area contributed by atoms with Crippen LogP contribution in [0.3, 0.4) is 0 Å². The number of rotatable bonds is 3. The van der Waals surface area contributed by atoms with E-state index in [1.54, 1.807) is 6.07 Å². The lowest BCUT2D eigenvalue weighted by Gasteiger charge is -2.19. The Morgan fingerprint density at radius 2 is 1.62 bits per heavy atom. The number of para-hydroxylation sites is 1. The molecule has 0 bridgehead atoms. The molecule has 2 rings (SSSR count). The SMILES string of the molecule is NC(c1ccccc1OC(F)(F)F)c1cccc(Br)c1F. The largest absolute Gasteiger partial charge is 0.573 e. The van der Waals surface area contributed by atoms with Gasteiger partial charge in [0.25, 0.3) is 0 Å². The number of hydrogen-bond donors (Lipinski definition) is 1. The van der Waals surface area contributed by atoms with Crippen LogP contribution < -0.4 is 10.5 Å². The summed E-state index contributed by atoms with van der Waals surface area (Å²) in [6.07, 6.45) is -4.84. The predicted molar refractivity (Wildman–Crippen MR) is 73.3 cm³/mol. The van der Waals surface area contributed by atoms with Gasteiger partial charge in [0.15, 0.2) is 0 Å². The normalized spacial score (nSPS) is 13.0. The number of benzene rings is 2. The average Bonchev–Trinajstić information content (AvgIpc) is 2.40. The van der Waals surface area contributed by atoms with E-state index in [-0.39, 0.29) is 15.6 Å². The first kappa shape index (κ1) is 15.8. The third kappa shape index (κ3) is 3.74. The fourth-order valence-electron chi connectivity index (χ4n) is 1.88.